The van der Waals surface area contributed by atoms with Gasteiger partial charge < -0.3 is 10.1 Å². The number of methoxy groups -OCH3 is 1. The lowest BCUT2D eigenvalue weighted by Gasteiger charge is -2.14. The lowest BCUT2D eigenvalue weighted by atomic mass is 10.1. The van der Waals surface area contributed by atoms with Crippen molar-refractivity contribution in [2.24, 2.45) is 0 Å². The van der Waals surface area contributed by atoms with Crippen molar-refractivity contribution in [2.45, 2.75) is 11.4 Å². The number of nitrogens with zero attached hydrogens (tertiary/aromatic N) is 1. The Kier molecular flexibility index (Phi) is 7.29. The van der Waals surface area contributed by atoms with E-state index in [1.807, 2.05) is 0 Å². The molecule has 0 saturated heterocycles. The van der Waals surface area contributed by atoms with E-state index in [9.17, 15) is 17.2 Å². The molecule has 10 heteroatoms. The van der Waals surface area contributed by atoms with Gasteiger partial charge in [0.05, 0.1) is 22.6 Å². The fourth-order valence-electron chi connectivity index (χ4n) is 2.94. The SMILES string of the molecule is CNCc1cn(S(=O)(=O)c2cccc(F)c2)c(-c2c(F)cccc2Cl)c1OC.Cl. The molecule has 5 nitrogen and oxygen atoms in total. The first kappa shape index (κ1) is 23.2. The van der Waals surface area contributed by atoms with E-state index in [0.717, 1.165) is 16.1 Å². The minimum absolute atomic E-state index is 0. The lowest BCUT2D eigenvalue weighted by molar-refractivity contribution is 0.411. The van der Waals surface area contributed by atoms with Crippen LogP contribution in [0.1, 0.15) is 5.56 Å². The average molecular weight is 463 g/mol. The number of benzene rings is 2. The molecule has 3 aromatic rings. The van der Waals surface area contributed by atoms with Crippen molar-refractivity contribution in [1.82, 2.24) is 9.29 Å². The topological polar surface area (TPSA) is 60.3 Å². The van der Waals surface area contributed by atoms with E-state index in [1.165, 1.54) is 43.6 Å². The maximum atomic E-state index is 14.7. The maximum Gasteiger partial charge on any atom is 0.268 e. The predicted molar refractivity (Wildman–Crippen MR) is 110 cm³/mol. The summed E-state index contributed by atoms with van der Waals surface area (Å²) >= 11 is 6.19. The van der Waals surface area contributed by atoms with E-state index in [2.05, 4.69) is 5.32 Å². The van der Waals surface area contributed by atoms with E-state index >= 15 is 0 Å². The van der Waals surface area contributed by atoms with Crippen molar-refractivity contribution in [3.05, 3.63) is 70.9 Å². The summed E-state index contributed by atoms with van der Waals surface area (Å²) in [5.74, 6) is -1.27. The molecule has 3 rings (SSSR count). The smallest absolute Gasteiger partial charge is 0.268 e. The minimum atomic E-state index is -4.26. The molecule has 0 spiro atoms. The van der Waals surface area contributed by atoms with Gasteiger partial charge in [-0.05, 0) is 37.4 Å². The first-order valence-corrected chi connectivity index (χ1v) is 10.0. The van der Waals surface area contributed by atoms with E-state index in [0.29, 0.717) is 5.56 Å². The highest BCUT2D eigenvalue weighted by Crippen LogP contribution is 2.41. The highest BCUT2D eigenvalue weighted by molar-refractivity contribution is 7.90. The Balaban J connectivity index is 0.00000300. The standard InChI is InChI=1S/C19H17ClF2N2O3S.ClH/c1-23-10-12-11-24(28(25,26)14-6-3-5-13(21)9-14)18(19(12)27-2)17-15(20)7-4-8-16(17)22;/h3-9,11,23H,10H2,1-2H3;1H. The molecule has 0 aliphatic rings. The summed E-state index contributed by atoms with van der Waals surface area (Å²) < 4.78 is 61.1. The Labute approximate surface area is 178 Å². The first-order valence-electron chi connectivity index (χ1n) is 8.19. The van der Waals surface area contributed by atoms with E-state index < -0.39 is 21.7 Å². The number of ether oxygens (including phenoxy) is 1. The second-order valence-electron chi connectivity index (χ2n) is 5.92. The zero-order chi connectivity index (χ0) is 20.5. The van der Waals surface area contributed by atoms with Gasteiger partial charge in [-0.3, -0.25) is 0 Å². The summed E-state index contributed by atoms with van der Waals surface area (Å²) in [6.45, 7) is 0.258. The third-order valence-corrected chi connectivity index (χ3v) is 6.09. The van der Waals surface area contributed by atoms with Crippen molar-refractivity contribution in [3.63, 3.8) is 0 Å². The largest absolute Gasteiger partial charge is 0.494 e. The highest BCUT2D eigenvalue weighted by Gasteiger charge is 2.29. The van der Waals surface area contributed by atoms with Crippen LogP contribution in [0.25, 0.3) is 11.3 Å². The molecule has 0 atom stereocenters. The molecule has 0 fully saturated rings. The molecule has 2 aromatic carbocycles. The number of hydrogen-bond donors (Lipinski definition) is 1. The molecule has 0 aliphatic carbocycles. The average Bonchev–Trinajstić information content (AvgIpc) is 3.01. The van der Waals surface area contributed by atoms with Crippen molar-refractivity contribution < 1.29 is 21.9 Å². The zero-order valence-corrected chi connectivity index (χ0v) is 17.8. The zero-order valence-electron chi connectivity index (χ0n) is 15.4. The third-order valence-electron chi connectivity index (χ3n) is 4.12. The molecular weight excluding hydrogens is 445 g/mol. The summed E-state index contributed by atoms with van der Waals surface area (Å²) in [5, 5.41) is 2.92. The third kappa shape index (κ3) is 4.25. The van der Waals surface area contributed by atoms with Crippen LogP contribution >= 0.6 is 24.0 Å². The molecule has 156 valence electrons. The van der Waals surface area contributed by atoms with Crippen LogP contribution in [0.5, 0.6) is 5.75 Å². The molecule has 1 aromatic heterocycles. The summed E-state index contributed by atoms with van der Waals surface area (Å²) in [6.07, 6.45) is 1.31. The molecule has 0 bridgehead atoms. The Morgan fingerprint density at radius 2 is 1.86 bits per heavy atom. The van der Waals surface area contributed by atoms with Crippen LogP contribution in [0.2, 0.25) is 5.02 Å². The van der Waals surface area contributed by atoms with E-state index in [1.54, 1.807) is 7.05 Å². The molecule has 1 heterocycles. The van der Waals surface area contributed by atoms with Gasteiger partial charge in [0.15, 0.2) is 0 Å². The van der Waals surface area contributed by atoms with Crippen LogP contribution < -0.4 is 10.1 Å². The second-order valence-corrected chi connectivity index (χ2v) is 8.14. The number of hydrogen-bond acceptors (Lipinski definition) is 4. The van der Waals surface area contributed by atoms with Crippen LogP contribution in [0.4, 0.5) is 8.78 Å². The van der Waals surface area contributed by atoms with Crippen LogP contribution in [0, 0.1) is 11.6 Å². The van der Waals surface area contributed by atoms with Gasteiger partial charge in [-0.1, -0.05) is 23.7 Å². The van der Waals surface area contributed by atoms with Crippen molar-refractivity contribution in [1.29, 1.82) is 0 Å². The van der Waals surface area contributed by atoms with Crippen LogP contribution in [-0.4, -0.2) is 26.5 Å². The quantitative estimate of drug-likeness (QED) is 0.586. The van der Waals surface area contributed by atoms with E-state index in [-0.39, 0.29) is 45.9 Å². The van der Waals surface area contributed by atoms with Crippen LogP contribution in [0.15, 0.2) is 53.6 Å². The molecule has 0 aliphatic heterocycles. The van der Waals surface area contributed by atoms with Gasteiger partial charge in [-0.15, -0.1) is 12.4 Å². The van der Waals surface area contributed by atoms with Crippen LogP contribution in [-0.2, 0) is 16.6 Å². The minimum Gasteiger partial charge on any atom is -0.494 e. The highest BCUT2D eigenvalue weighted by atomic mass is 35.5. The van der Waals surface area contributed by atoms with Gasteiger partial charge in [0.1, 0.15) is 23.1 Å². The normalized spacial score (nSPS) is 11.2. The van der Waals surface area contributed by atoms with Gasteiger partial charge in [0.25, 0.3) is 10.0 Å². The Bertz CT molecular complexity index is 1110. The van der Waals surface area contributed by atoms with Gasteiger partial charge >= 0.3 is 0 Å². The van der Waals surface area contributed by atoms with Crippen LogP contribution in [0.3, 0.4) is 0 Å². The van der Waals surface area contributed by atoms with Gasteiger partial charge in [0, 0.05) is 18.3 Å². The van der Waals surface area contributed by atoms with Gasteiger partial charge in [-0.2, -0.15) is 0 Å². The second kappa shape index (κ2) is 9.13. The van der Waals surface area contributed by atoms with Gasteiger partial charge in [-0.25, -0.2) is 21.2 Å². The summed E-state index contributed by atoms with van der Waals surface area (Å²) in [6, 6.07) is 8.61. The van der Waals surface area contributed by atoms with Crippen molar-refractivity contribution in [2.75, 3.05) is 14.2 Å². The van der Waals surface area contributed by atoms with Gasteiger partial charge in [0.2, 0.25) is 0 Å². The van der Waals surface area contributed by atoms with Crippen molar-refractivity contribution in [3.8, 4) is 17.0 Å². The number of halogens is 4. The molecule has 0 saturated carbocycles. The van der Waals surface area contributed by atoms with Crippen molar-refractivity contribution >= 4 is 34.0 Å². The fraction of sp³-hybridized carbons (Fsp3) is 0.158. The number of nitrogens with one attached hydrogen (secondary N) is 1. The molecule has 29 heavy (non-hydrogen) atoms. The first-order chi connectivity index (χ1) is 13.3. The summed E-state index contributed by atoms with van der Waals surface area (Å²) in [7, 11) is -1.23. The summed E-state index contributed by atoms with van der Waals surface area (Å²) in [4.78, 5) is -0.283. The monoisotopic (exact) mass is 462 g/mol. The predicted octanol–water partition coefficient (Wildman–Crippen LogP) is 4.47. The molecule has 0 unspecified atom stereocenters. The Morgan fingerprint density at radius 1 is 1.17 bits per heavy atom. The van der Waals surface area contributed by atoms with E-state index in [4.69, 9.17) is 16.3 Å². The lowest BCUT2D eigenvalue weighted by Crippen LogP contribution is -2.14. The molecular formula is C19H18Cl2F2N2O3S. The maximum absolute atomic E-state index is 14.7. The fourth-order valence-corrected chi connectivity index (χ4v) is 4.61. The number of rotatable bonds is 6. The number of aromatic nitrogens is 1. The molecule has 0 radical (unpaired) electrons. The molecule has 0 amide bonds. The molecule has 1 N–H and O–H groups in total. The summed E-state index contributed by atoms with van der Waals surface area (Å²) in [5.41, 5.74) is 0.280. The Morgan fingerprint density at radius 3 is 2.45 bits per heavy atom. The Hall–Kier alpha value is -2.13.